The summed E-state index contributed by atoms with van der Waals surface area (Å²) in [5, 5.41) is 0. The minimum atomic E-state index is 0.285. The maximum atomic E-state index is 11.2. The summed E-state index contributed by atoms with van der Waals surface area (Å²) in [5.74, 6) is 1.29. The van der Waals surface area contributed by atoms with Gasteiger partial charge in [-0.3, -0.25) is 4.79 Å². The van der Waals surface area contributed by atoms with Gasteiger partial charge >= 0.3 is 0 Å². The number of hydrogen-bond donors (Lipinski definition) is 0. The fraction of sp³-hybridized carbons (Fsp3) is 0.588. The molecule has 1 unspecified atom stereocenters. The van der Waals surface area contributed by atoms with E-state index in [2.05, 4.69) is 28.0 Å². The molecule has 0 radical (unpaired) electrons. The second kappa shape index (κ2) is 6.06. The zero-order valence-electron chi connectivity index (χ0n) is 13.0. The van der Waals surface area contributed by atoms with Gasteiger partial charge in [-0.1, -0.05) is 6.07 Å². The Labute approximate surface area is 126 Å². The Morgan fingerprint density at radius 2 is 2.24 bits per heavy atom. The highest BCUT2D eigenvalue weighted by Gasteiger charge is 2.33. The molecule has 2 heterocycles. The molecule has 0 bridgehead atoms. The number of fused-ring (bicyclic) bond motifs is 3. The van der Waals surface area contributed by atoms with Crippen molar-refractivity contribution in [2.45, 2.75) is 32.2 Å². The Morgan fingerprint density at radius 1 is 1.38 bits per heavy atom. The van der Waals surface area contributed by atoms with E-state index in [-0.39, 0.29) is 5.78 Å². The van der Waals surface area contributed by atoms with Crippen LogP contribution >= 0.6 is 0 Å². The van der Waals surface area contributed by atoms with Crippen LogP contribution in [0.3, 0.4) is 0 Å². The van der Waals surface area contributed by atoms with Gasteiger partial charge in [0.1, 0.15) is 11.5 Å². The number of anilines is 1. The van der Waals surface area contributed by atoms with Gasteiger partial charge in [0.2, 0.25) is 0 Å². The largest absolute Gasteiger partial charge is 0.496 e. The first-order chi connectivity index (χ1) is 10.2. The number of Topliss-reactive ketones (excluding diaryl/α,β-unsaturated/α-hetero) is 1. The molecule has 21 heavy (non-hydrogen) atoms. The van der Waals surface area contributed by atoms with Crippen LogP contribution in [0.2, 0.25) is 0 Å². The van der Waals surface area contributed by atoms with Crippen LogP contribution in [0.1, 0.15) is 25.3 Å². The Bertz CT molecular complexity index is 530. The first-order valence-electron chi connectivity index (χ1n) is 7.83. The zero-order valence-corrected chi connectivity index (χ0v) is 13.0. The van der Waals surface area contributed by atoms with Crippen molar-refractivity contribution in [2.75, 3.05) is 38.2 Å². The molecule has 1 atom stereocenters. The smallest absolute Gasteiger partial charge is 0.131 e. The molecule has 4 heteroatoms. The van der Waals surface area contributed by atoms with Crippen LogP contribution in [-0.4, -0.2) is 50.0 Å². The summed E-state index contributed by atoms with van der Waals surface area (Å²) in [4.78, 5) is 16.2. The molecule has 1 aromatic carbocycles. The highest BCUT2D eigenvalue weighted by atomic mass is 16.5. The fourth-order valence-electron chi connectivity index (χ4n) is 3.60. The van der Waals surface area contributed by atoms with Gasteiger partial charge in [-0.05, 0) is 38.4 Å². The number of nitrogens with zero attached hydrogens (tertiary/aromatic N) is 2. The topological polar surface area (TPSA) is 32.8 Å². The summed E-state index contributed by atoms with van der Waals surface area (Å²) in [7, 11) is 1.75. The molecule has 0 aromatic heterocycles. The molecular formula is C17H24N2O2. The van der Waals surface area contributed by atoms with E-state index in [1.165, 1.54) is 11.3 Å². The number of carbonyl (C=O) groups excluding carboxylic acids is 1. The second-order valence-corrected chi connectivity index (χ2v) is 6.12. The van der Waals surface area contributed by atoms with Gasteiger partial charge in [0, 0.05) is 43.3 Å². The molecule has 3 rings (SSSR count). The summed E-state index contributed by atoms with van der Waals surface area (Å²) in [6.45, 7) is 5.82. The molecule has 4 nitrogen and oxygen atoms in total. The fourth-order valence-corrected chi connectivity index (χ4v) is 3.60. The molecule has 0 amide bonds. The van der Waals surface area contributed by atoms with Crippen molar-refractivity contribution in [1.82, 2.24) is 4.90 Å². The molecule has 0 N–H and O–H groups in total. The number of benzene rings is 1. The Hall–Kier alpha value is -1.55. The number of ketones is 1. The predicted octanol–water partition coefficient (Wildman–Crippen LogP) is 2.11. The van der Waals surface area contributed by atoms with E-state index in [1.54, 1.807) is 14.0 Å². The van der Waals surface area contributed by atoms with E-state index >= 15 is 0 Å². The number of carbonyl (C=O) groups is 1. The van der Waals surface area contributed by atoms with Gasteiger partial charge < -0.3 is 14.5 Å². The van der Waals surface area contributed by atoms with E-state index in [0.717, 1.165) is 44.8 Å². The van der Waals surface area contributed by atoms with Gasteiger partial charge in [0.25, 0.3) is 0 Å². The molecule has 0 spiro atoms. The number of hydrogen-bond acceptors (Lipinski definition) is 4. The van der Waals surface area contributed by atoms with E-state index in [9.17, 15) is 4.79 Å². The second-order valence-electron chi connectivity index (χ2n) is 6.12. The maximum Gasteiger partial charge on any atom is 0.131 e. The molecule has 1 saturated heterocycles. The summed E-state index contributed by atoms with van der Waals surface area (Å²) < 4.78 is 5.52. The number of rotatable bonds is 4. The van der Waals surface area contributed by atoms with Crippen molar-refractivity contribution in [1.29, 1.82) is 0 Å². The van der Waals surface area contributed by atoms with Crippen molar-refractivity contribution in [2.24, 2.45) is 0 Å². The minimum Gasteiger partial charge on any atom is -0.496 e. The summed E-state index contributed by atoms with van der Waals surface area (Å²) in [6.07, 6.45) is 2.88. The van der Waals surface area contributed by atoms with Crippen LogP contribution < -0.4 is 9.64 Å². The van der Waals surface area contributed by atoms with Crippen LogP contribution in [0.25, 0.3) is 0 Å². The summed E-state index contributed by atoms with van der Waals surface area (Å²) >= 11 is 0. The first kappa shape index (κ1) is 14.4. The van der Waals surface area contributed by atoms with Crippen LogP contribution in [0.5, 0.6) is 5.75 Å². The number of methoxy groups -OCH3 is 1. The Kier molecular flexibility index (Phi) is 4.15. The van der Waals surface area contributed by atoms with E-state index in [1.807, 2.05) is 0 Å². The third-order valence-corrected chi connectivity index (χ3v) is 4.64. The summed E-state index contributed by atoms with van der Waals surface area (Å²) in [5.41, 5.74) is 2.69. The van der Waals surface area contributed by atoms with Crippen LogP contribution in [0, 0.1) is 0 Å². The third-order valence-electron chi connectivity index (χ3n) is 4.64. The molecular weight excluding hydrogens is 264 g/mol. The lowest BCUT2D eigenvalue weighted by Crippen LogP contribution is -2.39. The minimum absolute atomic E-state index is 0.285. The third kappa shape index (κ3) is 2.91. The van der Waals surface area contributed by atoms with Crippen molar-refractivity contribution in [3.8, 4) is 5.75 Å². The van der Waals surface area contributed by atoms with E-state index < -0.39 is 0 Å². The van der Waals surface area contributed by atoms with Gasteiger partial charge in [-0.15, -0.1) is 0 Å². The quantitative estimate of drug-likeness (QED) is 0.849. The first-order valence-corrected chi connectivity index (χ1v) is 7.83. The highest BCUT2D eigenvalue weighted by Crippen LogP contribution is 2.39. The molecule has 0 aliphatic carbocycles. The van der Waals surface area contributed by atoms with Crippen molar-refractivity contribution < 1.29 is 9.53 Å². The highest BCUT2D eigenvalue weighted by molar-refractivity contribution is 5.75. The lowest BCUT2D eigenvalue weighted by Gasteiger charge is -2.27. The predicted molar refractivity (Wildman–Crippen MR) is 84.2 cm³/mol. The van der Waals surface area contributed by atoms with Crippen molar-refractivity contribution >= 4 is 11.5 Å². The van der Waals surface area contributed by atoms with Crippen molar-refractivity contribution in [3.63, 3.8) is 0 Å². The number of ether oxygens (including phenoxy) is 1. The lowest BCUT2D eigenvalue weighted by atomic mass is 10.1. The standard InChI is InChI=1S/C17H24N2O2/c1-13(20)7-10-18-8-4-9-19-14(12-18)11-15-16(19)5-3-6-17(15)21-2/h3,5-6,14H,4,7-12H2,1-2H3. The average Bonchev–Trinajstić information content (AvgIpc) is 2.69. The maximum absolute atomic E-state index is 11.2. The lowest BCUT2D eigenvalue weighted by molar-refractivity contribution is -0.117. The van der Waals surface area contributed by atoms with Crippen LogP contribution in [-0.2, 0) is 11.2 Å². The molecule has 2 aliphatic heterocycles. The van der Waals surface area contributed by atoms with Gasteiger partial charge in [0.15, 0.2) is 0 Å². The molecule has 114 valence electrons. The van der Waals surface area contributed by atoms with Gasteiger partial charge in [0.05, 0.1) is 7.11 Å². The zero-order chi connectivity index (χ0) is 14.8. The molecule has 2 aliphatic rings. The van der Waals surface area contributed by atoms with Crippen LogP contribution in [0.4, 0.5) is 5.69 Å². The van der Waals surface area contributed by atoms with Gasteiger partial charge in [-0.25, -0.2) is 0 Å². The Morgan fingerprint density at radius 3 is 3.00 bits per heavy atom. The molecule has 1 fully saturated rings. The normalized spacial score (nSPS) is 21.6. The molecule has 0 saturated carbocycles. The van der Waals surface area contributed by atoms with Crippen LogP contribution in [0.15, 0.2) is 18.2 Å². The van der Waals surface area contributed by atoms with Gasteiger partial charge in [-0.2, -0.15) is 0 Å². The van der Waals surface area contributed by atoms with E-state index in [4.69, 9.17) is 4.74 Å². The monoisotopic (exact) mass is 288 g/mol. The Balaban J connectivity index is 1.75. The summed E-state index contributed by atoms with van der Waals surface area (Å²) in [6, 6.07) is 6.87. The average molecular weight is 288 g/mol. The molecule has 1 aromatic rings. The SMILES string of the molecule is COc1cccc2c1CC1CN(CCC(C)=O)CCCN21. The van der Waals surface area contributed by atoms with Crippen molar-refractivity contribution in [3.05, 3.63) is 23.8 Å². The van der Waals surface area contributed by atoms with E-state index in [0.29, 0.717) is 12.5 Å².